The molecule has 1 aliphatic rings. The van der Waals surface area contributed by atoms with Crippen molar-refractivity contribution < 1.29 is 14.3 Å². The Hall–Kier alpha value is -2.32. The number of fused-ring (bicyclic) bond motifs is 2. The van der Waals surface area contributed by atoms with E-state index in [0.29, 0.717) is 48.0 Å². The minimum absolute atomic E-state index is 0. The fourth-order valence-corrected chi connectivity index (χ4v) is 4.24. The molecule has 0 N–H and O–H groups in total. The van der Waals surface area contributed by atoms with Crippen molar-refractivity contribution in [1.82, 2.24) is 9.88 Å². The first kappa shape index (κ1) is 23.3. The lowest BCUT2D eigenvalue weighted by molar-refractivity contribution is -0.114. The summed E-state index contributed by atoms with van der Waals surface area (Å²) in [5.74, 6) is 1.26. The van der Waals surface area contributed by atoms with Crippen LogP contribution in [0, 0.1) is 0 Å². The second kappa shape index (κ2) is 10.3. The van der Waals surface area contributed by atoms with E-state index in [4.69, 9.17) is 26.1 Å². The Balaban J connectivity index is 0.00000272. The second-order valence-corrected chi connectivity index (χ2v) is 8.52. The molecule has 0 bridgehead atoms. The number of amides is 1. The number of thiazole rings is 1. The van der Waals surface area contributed by atoms with Crippen molar-refractivity contribution in [1.29, 1.82) is 0 Å². The van der Waals surface area contributed by atoms with Crippen molar-refractivity contribution >= 4 is 62.7 Å². The summed E-state index contributed by atoms with van der Waals surface area (Å²) in [6, 6.07) is 11.2. The number of hydrogen-bond acceptors (Lipinski definition) is 6. The number of carbonyl (C=O) groups is 1. The van der Waals surface area contributed by atoms with Crippen LogP contribution >= 0.6 is 35.3 Å². The summed E-state index contributed by atoms with van der Waals surface area (Å²) in [6.45, 7) is 2.29. The maximum atomic E-state index is 13.1. The first-order valence-corrected chi connectivity index (χ1v) is 10.8. The van der Waals surface area contributed by atoms with Gasteiger partial charge in [0, 0.05) is 36.3 Å². The smallest absolute Gasteiger partial charge is 0.252 e. The van der Waals surface area contributed by atoms with Crippen LogP contribution in [0.5, 0.6) is 11.5 Å². The van der Waals surface area contributed by atoms with Crippen molar-refractivity contribution in [3.8, 4) is 11.5 Å². The molecule has 0 atom stereocenters. The number of aromatic nitrogens is 1. The number of likely N-dealkylation sites (N-methyl/N-ethyl adjacent to an activating group) is 1. The Morgan fingerprint density at radius 3 is 2.58 bits per heavy atom. The lowest BCUT2D eigenvalue weighted by Crippen LogP contribution is -2.35. The van der Waals surface area contributed by atoms with Gasteiger partial charge in [-0.2, -0.15) is 0 Å². The van der Waals surface area contributed by atoms with Crippen molar-refractivity contribution in [2.24, 2.45) is 0 Å². The predicted octanol–water partition coefficient (Wildman–Crippen LogP) is 4.75. The number of anilines is 1. The molecule has 31 heavy (non-hydrogen) atoms. The molecule has 0 saturated heterocycles. The maximum Gasteiger partial charge on any atom is 0.252 e. The zero-order valence-corrected chi connectivity index (χ0v) is 19.6. The molecule has 0 fully saturated rings. The van der Waals surface area contributed by atoms with Crippen molar-refractivity contribution in [2.45, 2.75) is 0 Å². The third kappa shape index (κ3) is 5.49. The quantitative estimate of drug-likeness (QED) is 0.477. The standard InChI is InChI=1S/C22H22ClN3O3S.ClH/c1-25(2)9-10-26(21(27)8-7-15-5-3-4-6-16(15)23)22-24-17-13-18-19(14-20(17)30-22)29-12-11-28-18;/h3-8,13-14H,9-12H2,1-2H3;1H. The highest BCUT2D eigenvalue weighted by atomic mass is 35.5. The molecule has 2 heterocycles. The van der Waals surface area contributed by atoms with Crippen molar-refractivity contribution in [3.05, 3.63) is 53.1 Å². The Kier molecular flexibility index (Phi) is 7.78. The normalized spacial score (nSPS) is 12.9. The first-order chi connectivity index (χ1) is 14.5. The van der Waals surface area contributed by atoms with E-state index in [9.17, 15) is 4.79 Å². The van der Waals surface area contributed by atoms with Crippen LogP contribution in [0.1, 0.15) is 5.56 Å². The minimum atomic E-state index is -0.145. The summed E-state index contributed by atoms with van der Waals surface area (Å²) >= 11 is 7.67. The van der Waals surface area contributed by atoms with Gasteiger partial charge < -0.3 is 14.4 Å². The summed E-state index contributed by atoms with van der Waals surface area (Å²) in [6.07, 6.45) is 3.28. The number of hydrogen-bond donors (Lipinski definition) is 0. The first-order valence-electron chi connectivity index (χ1n) is 9.60. The van der Waals surface area contributed by atoms with Crippen LogP contribution in [-0.2, 0) is 4.79 Å². The lowest BCUT2D eigenvalue weighted by Gasteiger charge is -2.20. The average Bonchev–Trinajstić information content (AvgIpc) is 3.13. The fourth-order valence-electron chi connectivity index (χ4n) is 3.03. The number of nitrogens with zero attached hydrogens (tertiary/aromatic N) is 3. The summed E-state index contributed by atoms with van der Waals surface area (Å²) in [5.41, 5.74) is 1.59. The van der Waals surface area contributed by atoms with Crippen LogP contribution in [0.15, 0.2) is 42.5 Å². The van der Waals surface area contributed by atoms with E-state index in [0.717, 1.165) is 15.8 Å². The van der Waals surface area contributed by atoms with E-state index in [-0.39, 0.29) is 18.3 Å². The summed E-state index contributed by atoms with van der Waals surface area (Å²) in [4.78, 5) is 21.5. The Bertz CT molecular complexity index is 1060. The maximum absolute atomic E-state index is 13.1. The highest BCUT2D eigenvalue weighted by molar-refractivity contribution is 7.22. The van der Waals surface area contributed by atoms with E-state index < -0.39 is 0 Å². The second-order valence-electron chi connectivity index (χ2n) is 7.11. The predicted molar refractivity (Wildman–Crippen MR) is 129 cm³/mol. The fraction of sp³-hybridized carbons (Fsp3) is 0.273. The molecule has 0 saturated carbocycles. The average molecular weight is 480 g/mol. The molecule has 4 rings (SSSR count). The van der Waals surface area contributed by atoms with Gasteiger partial charge in [-0.15, -0.1) is 12.4 Å². The molecule has 0 unspecified atom stereocenters. The van der Waals surface area contributed by atoms with Crippen LogP contribution in [-0.4, -0.2) is 56.2 Å². The van der Waals surface area contributed by atoms with Crippen LogP contribution < -0.4 is 14.4 Å². The molecule has 1 amide bonds. The number of ether oxygens (including phenoxy) is 2. The molecular formula is C22H23Cl2N3O3S. The largest absolute Gasteiger partial charge is 0.486 e. The van der Waals surface area contributed by atoms with Crippen molar-refractivity contribution in [3.63, 3.8) is 0 Å². The number of carbonyl (C=O) groups excluding carboxylic acids is 1. The molecule has 164 valence electrons. The molecule has 3 aromatic rings. The van der Waals surface area contributed by atoms with Gasteiger partial charge in [0.15, 0.2) is 16.6 Å². The topological polar surface area (TPSA) is 54.9 Å². The van der Waals surface area contributed by atoms with Crippen LogP contribution in [0.3, 0.4) is 0 Å². The number of halogens is 2. The van der Waals surface area contributed by atoms with Gasteiger partial charge in [0.05, 0.1) is 10.2 Å². The van der Waals surface area contributed by atoms with Gasteiger partial charge in [0.25, 0.3) is 5.91 Å². The van der Waals surface area contributed by atoms with E-state index >= 15 is 0 Å². The van der Waals surface area contributed by atoms with E-state index in [1.54, 1.807) is 23.1 Å². The molecular weight excluding hydrogens is 457 g/mol. The number of benzene rings is 2. The zero-order chi connectivity index (χ0) is 21.1. The Labute approximate surface area is 196 Å². The summed E-state index contributed by atoms with van der Waals surface area (Å²) in [7, 11) is 3.95. The molecule has 6 nitrogen and oxygen atoms in total. The number of rotatable bonds is 6. The van der Waals surface area contributed by atoms with E-state index in [1.807, 2.05) is 49.3 Å². The van der Waals surface area contributed by atoms with Gasteiger partial charge in [-0.3, -0.25) is 9.69 Å². The van der Waals surface area contributed by atoms with Gasteiger partial charge >= 0.3 is 0 Å². The monoisotopic (exact) mass is 479 g/mol. The lowest BCUT2D eigenvalue weighted by atomic mass is 10.2. The molecule has 0 radical (unpaired) electrons. The van der Waals surface area contributed by atoms with Crippen molar-refractivity contribution in [2.75, 3.05) is 45.3 Å². The van der Waals surface area contributed by atoms with Gasteiger partial charge in [-0.1, -0.05) is 41.1 Å². The Morgan fingerprint density at radius 2 is 1.87 bits per heavy atom. The van der Waals surface area contributed by atoms with E-state index in [2.05, 4.69) is 0 Å². The highest BCUT2D eigenvalue weighted by Crippen LogP contribution is 2.38. The van der Waals surface area contributed by atoms with Gasteiger partial charge in [0.2, 0.25) is 0 Å². The van der Waals surface area contributed by atoms with E-state index in [1.165, 1.54) is 11.3 Å². The summed E-state index contributed by atoms with van der Waals surface area (Å²) < 4.78 is 12.3. The molecule has 9 heteroatoms. The van der Waals surface area contributed by atoms with Crippen LogP contribution in [0.25, 0.3) is 16.3 Å². The van der Waals surface area contributed by atoms with Gasteiger partial charge in [0.1, 0.15) is 13.2 Å². The molecule has 2 aromatic carbocycles. The third-order valence-electron chi connectivity index (χ3n) is 4.62. The highest BCUT2D eigenvalue weighted by Gasteiger charge is 2.20. The molecule has 1 aliphatic heterocycles. The van der Waals surface area contributed by atoms with Crippen LogP contribution in [0.2, 0.25) is 5.02 Å². The van der Waals surface area contributed by atoms with Gasteiger partial charge in [-0.25, -0.2) is 4.98 Å². The SMILES string of the molecule is CN(C)CCN(C(=O)C=Cc1ccccc1Cl)c1nc2cc3c(cc2s1)OCCO3.Cl. The van der Waals surface area contributed by atoms with Gasteiger partial charge in [-0.05, 0) is 31.8 Å². The molecule has 0 spiro atoms. The molecule has 1 aromatic heterocycles. The minimum Gasteiger partial charge on any atom is -0.486 e. The zero-order valence-electron chi connectivity index (χ0n) is 17.2. The van der Waals surface area contributed by atoms with Crippen LogP contribution in [0.4, 0.5) is 5.13 Å². The summed E-state index contributed by atoms with van der Waals surface area (Å²) in [5, 5.41) is 1.25. The third-order valence-corrected chi connectivity index (χ3v) is 6.00. The molecule has 0 aliphatic carbocycles. The Morgan fingerprint density at radius 1 is 1.16 bits per heavy atom.